The maximum Gasteiger partial charge on any atom is 0.292 e. The van der Waals surface area contributed by atoms with Gasteiger partial charge in [0.05, 0.1) is 7.11 Å². The normalized spacial score (nSPS) is 8.74. The molecule has 0 saturated heterocycles. The van der Waals surface area contributed by atoms with Crippen LogP contribution in [0, 0.1) is 0 Å². The van der Waals surface area contributed by atoms with Gasteiger partial charge in [0.15, 0.2) is 0 Å². The highest BCUT2D eigenvalue weighted by molar-refractivity contribution is 5.50. The Bertz CT molecular complexity index is 756. The molecule has 0 bridgehead atoms. The number of benzene rings is 3. The Balaban J connectivity index is 0.000000403. The molecule has 0 aromatic heterocycles. The van der Waals surface area contributed by atoms with E-state index >= 15 is 0 Å². The van der Waals surface area contributed by atoms with E-state index in [1.807, 2.05) is 36.4 Å². The molecule has 3 rings (SSSR count). The van der Waals surface area contributed by atoms with Crippen molar-refractivity contribution in [3.8, 4) is 0 Å². The number of aldehydes is 1. The van der Waals surface area contributed by atoms with Crippen molar-refractivity contribution in [1.29, 1.82) is 0 Å². The van der Waals surface area contributed by atoms with Crippen molar-refractivity contribution in [1.82, 2.24) is 0 Å². The maximum atomic E-state index is 9.98. The van der Waals surface area contributed by atoms with Crippen LogP contribution in [-0.2, 0) is 33.6 Å². The van der Waals surface area contributed by atoms with Crippen molar-refractivity contribution in [3.05, 3.63) is 108 Å². The number of aryl methyl sites for hydroxylation is 3. The Morgan fingerprint density at radius 1 is 0.645 bits per heavy atom. The number of hydrogen-bond acceptors (Lipinski definition) is 3. The summed E-state index contributed by atoms with van der Waals surface area (Å²) in [6.07, 6.45) is 6.03. The first-order valence-corrected chi connectivity index (χ1v) is 10.7. The van der Waals surface area contributed by atoms with Gasteiger partial charge in [-0.05, 0) is 36.0 Å². The fourth-order valence-electron chi connectivity index (χ4n) is 2.52. The summed E-state index contributed by atoms with van der Waals surface area (Å²) in [6, 6.07) is 31.0. The molecule has 0 fully saturated rings. The molecule has 0 aliphatic carbocycles. The molecule has 3 aromatic rings. The molecule has 0 atom stereocenters. The highest BCUT2D eigenvalue weighted by atomic mass is 16.5. The quantitative estimate of drug-likeness (QED) is 0.410. The van der Waals surface area contributed by atoms with Crippen LogP contribution in [0.5, 0.6) is 0 Å². The minimum atomic E-state index is 0.375. The number of ether oxygens (including phenoxy) is 1. The molecule has 3 aromatic carbocycles. The lowest BCUT2D eigenvalue weighted by Gasteiger charge is -1.93. The summed E-state index contributed by atoms with van der Waals surface area (Å²) in [6.45, 7) is 4.74. The van der Waals surface area contributed by atoms with Gasteiger partial charge in [-0.2, -0.15) is 0 Å². The number of methoxy groups -OCH3 is 1. The average Bonchev–Trinajstić information content (AvgIpc) is 2.86. The van der Waals surface area contributed by atoms with Gasteiger partial charge in [0.25, 0.3) is 6.47 Å². The summed E-state index contributed by atoms with van der Waals surface area (Å²) in [5.74, 6) is 0. The van der Waals surface area contributed by atoms with Crippen molar-refractivity contribution in [2.45, 2.75) is 46.0 Å². The Kier molecular flexibility index (Phi) is 19.3. The van der Waals surface area contributed by atoms with Gasteiger partial charge >= 0.3 is 0 Å². The zero-order chi connectivity index (χ0) is 23.0. The molecule has 0 heterocycles. The van der Waals surface area contributed by atoms with Gasteiger partial charge in [-0.15, -0.1) is 0 Å². The first-order chi connectivity index (χ1) is 15.2. The monoisotopic (exact) mass is 420 g/mol. The predicted octanol–water partition coefficient (Wildman–Crippen LogP) is 6.50. The number of rotatable bonds is 7. The minimum absolute atomic E-state index is 0.375. The largest absolute Gasteiger partial charge is 0.471 e. The summed E-state index contributed by atoms with van der Waals surface area (Å²) in [5.41, 5.74) is 4.09. The van der Waals surface area contributed by atoms with E-state index in [1.54, 1.807) is 0 Å². The van der Waals surface area contributed by atoms with Gasteiger partial charge < -0.3 is 9.53 Å². The lowest BCUT2D eigenvalue weighted by atomic mass is 10.1. The van der Waals surface area contributed by atoms with E-state index < -0.39 is 0 Å². The van der Waals surface area contributed by atoms with Crippen LogP contribution < -0.4 is 0 Å². The van der Waals surface area contributed by atoms with Gasteiger partial charge in [0, 0.05) is 6.42 Å². The summed E-state index contributed by atoms with van der Waals surface area (Å²) >= 11 is 0. The van der Waals surface area contributed by atoms with Crippen LogP contribution in [0.2, 0.25) is 0 Å². The molecule has 166 valence electrons. The molecule has 3 nitrogen and oxygen atoms in total. The van der Waals surface area contributed by atoms with Crippen LogP contribution in [0.15, 0.2) is 91.0 Å². The van der Waals surface area contributed by atoms with E-state index in [-0.39, 0.29) is 0 Å². The maximum absolute atomic E-state index is 9.98. The van der Waals surface area contributed by atoms with Crippen molar-refractivity contribution in [3.63, 3.8) is 0 Å². The molecule has 0 unspecified atom stereocenters. The molecule has 0 N–H and O–H groups in total. The summed E-state index contributed by atoms with van der Waals surface area (Å²) in [4.78, 5) is 18.9. The third kappa shape index (κ3) is 17.4. The second kappa shape index (κ2) is 21.5. The zero-order valence-electron chi connectivity index (χ0n) is 19.1. The number of hydrogen-bond donors (Lipinski definition) is 0. The van der Waals surface area contributed by atoms with Gasteiger partial charge in [0.2, 0.25) is 0 Å². The molecule has 3 heteroatoms. The van der Waals surface area contributed by atoms with Crippen LogP contribution in [-0.4, -0.2) is 19.9 Å². The standard InChI is InChI=1S/C9H10O.C9H12.C8H10.C2H4O2/c10-8-4-7-9-5-2-1-3-6-9;1-2-6-9-7-4-3-5-8-9;1-2-8-6-4-3-5-7-8;1-4-2-3/h1-3,5-6,8H,4,7H2;3-5,7-8H,2,6H2,1H3;3-7H,2H2,1H3;2H,1H3. The number of carbonyl (C=O) groups is 2. The van der Waals surface area contributed by atoms with E-state index in [4.69, 9.17) is 4.79 Å². The van der Waals surface area contributed by atoms with Crippen molar-refractivity contribution in [2.75, 3.05) is 7.11 Å². The van der Waals surface area contributed by atoms with Crippen molar-refractivity contribution in [2.24, 2.45) is 0 Å². The first-order valence-electron chi connectivity index (χ1n) is 10.7. The molecular formula is C28H36O3. The SMILES string of the molecule is CCCc1ccccc1.CCc1ccccc1.COC=O.O=CCCc1ccccc1. The predicted molar refractivity (Wildman–Crippen MR) is 130 cm³/mol. The van der Waals surface area contributed by atoms with Gasteiger partial charge in [-0.3, -0.25) is 4.79 Å². The van der Waals surface area contributed by atoms with E-state index in [2.05, 4.69) is 73.2 Å². The van der Waals surface area contributed by atoms with Gasteiger partial charge in [-0.1, -0.05) is 111 Å². The van der Waals surface area contributed by atoms with Crippen LogP contribution in [0.25, 0.3) is 0 Å². The van der Waals surface area contributed by atoms with E-state index in [0.717, 1.165) is 19.1 Å². The molecule has 0 aliphatic heterocycles. The summed E-state index contributed by atoms with van der Waals surface area (Å²) < 4.78 is 3.86. The van der Waals surface area contributed by atoms with Crippen molar-refractivity contribution < 1.29 is 14.3 Å². The summed E-state index contributed by atoms with van der Waals surface area (Å²) in [7, 11) is 1.31. The fourth-order valence-corrected chi connectivity index (χ4v) is 2.52. The topological polar surface area (TPSA) is 43.4 Å². The Hall–Kier alpha value is -3.20. The Labute approximate surface area is 188 Å². The molecule has 0 radical (unpaired) electrons. The van der Waals surface area contributed by atoms with E-state index in [9.17, 15) is 4.79 Å². The van der Waals surface area contributed by atoms with E-state index in [1.165, 1.54) is 36.6 Å². The molecule has 31 heavy (non-hydrogen) atoms. The van der Waals surface area contributed by atoms with Gasteiger partial charge in [-0.25, -0.2) is 0 Å². The van der Waals surface area contributed by atoms with Crippen LogP contribution in [0.1, 0.15) is 43.4 Å². The zero-order valence-corrected chi connectivity index (χ0v) is 19.1. The third-order valence-electron chi connectivity index (χ3n) is 4.12. The molecule has 0 spiro atoms. The summed E-state index contributed by atoms with van der Waals surface area (Å²) in [5, 5.41) is 0. The molecule has 0 saturated carbocycles. The number of carbonyl (C=O) groups excluding carboxylic acids is 2. The third-order valence-corrected chi connectivity index (χ3v) is 4.12. The minimum Gasteiger partial charge on any atom is -0.471 e. The second-order valence-corrected chi connectivity index (χ2v) is 6.60. The molecule has 0 amide bonds. The lowest BCUT2D eigenvalue weighted by molar-refractivity contribution is -0.126. The average molecular weight is 421 g/mol. The Morgan fingerprint density at radius 2 is 1.03 bits per heavy atom. The highest BCUT2D eigenvalue weighted by Gasteiger charge is 1.87. The molecular weight excluding hydrogens is 384 g/mol. The second-order valence-electron chi connectivity index (χ2n) is 6.60. The fraction of sp³-hybridized carbons (Fsp3) is 0.286. The van der Waals surface area contributed by atoms with E-state index in [0.29, 0.717) is 12.9 Å². The highest BCUT2D eigenvalue weighted by Crippen LogP contribution is 2.01. The van der Waals surface area contributed by atoms with Crippen LogP contribution >= 0.6 is 0 Å². The van der Waals surface area contributed by atoms with Crippen LogP contribution in [0.4, 0.5) is 0 Å². The molecule has 0 aliphatic rings. The van der Waals surface area contributed by atoms with Gasteiger partial charge in [0.1, 0.15) is 6.29 Å². The smallest absolute Gasteiger partial charge is 0.292 e. The van der Waals surface area contributed by atoms with Crippen LogP contribution in [0.3, 0.4) is 0 Å². The lowest BCUT2D eigenvalue weighted by Crippen LogP contribution is -1.83. The Morgan fingerprint density at radius 3 is 1.32 bits per heavy atom. The first kappa shape index (κ1) is 27.8. The van der Waals surface area contributed by atoms with Crippen molar-refractivity contribution >= 4 is 12.8 Å².